The van der Waals surface area contributed by atoms with Crippen LogP contribution < -0.4 is 5.32 Å². The first-order chi connectivity index (χ1) is 14.4. The van der Waals surface area contributed by atoms with Crippen LogP contribution in [0.4, 0.5) is 10.1 Å². The van der Waals surface area contributed by atoms with E-state index in [1.54, 1.807) is 16.7 Å². The minimum atomic E-state index is -0.503. The molecule has 5 nitrogen and oxygen atoms in total. The molecule has 6 heteroatoms. The van der Waals surface area contributed by atoms with Crippen LogP contribution in [-0.2, 0) is 11.3 Å². The van der Waals surface area contributed by atoms with E-state index in [9.17, 15) is 14.0 Å². The number of ketones is 1. The number of imidazole rings is 1. The zero-order chi connectivity index (χ0) is 21.3. The van der Waals surface area contributed by atoms with Crippen LogP contribution in [0.15, 0.2) is 66.7 Å². The summed E-state index contributed by atoms with van der Waals surface area (Å²) in [4.78, 5) is 30.3. The van der Waals surface area contributed by atoms with E-state index < -0.39 is 11.6 Å². The number of aromatic nitrogens is 2. The number of amides is 1. The highest BCUT2D eigenvalue weighted by Gasteiger charge is 2.21. The quantitative estimate of drug-likeness (QED) is 0.495. The number of nitrogens with zero attached hydrogens (tertiary/aromatic N) is 2. The summed E-state index contributed by atoms with van der Waals surface area (Å²) in [6, 6.07) is 18.4. The number of carbonyl (C=O) groups is 2. The number of anilines is 1. The maximum atomic E-state index is 13.6. The molecule has 4 aromatic rings. The SMILES string of the molecule is Cc1cccc(C)c1NC(=O)Cn1c(C(=O)c2cccc(F)c2)nc2ccccc21. The van der Waals surface area contributed by atoms with E-state index in [1.807, 2.05) is 44.2 Å². The molecule has 0 aliphatic rings. The van der Waals surface area contributed by atoms with Gasteiger partial charge in [0.1, 0.15) is 12.4 Å². The molecule has 0 saturated heterocycles. The number of hydrogen-bond acceptors (Lipinski definition) is 3. The van der Waals surface area contributed by atoms with Gasteiger partial charge in [0.05, 0.1) is 11.0 Å². The Morgan fingerprint density at radius 1 is 0.967 bits per heavy atom. The summed E-state index contributed by atoms with van der Waals surface area (Å²) in [7, 11) is 0. The summed E-state index contributed by atoms with van der Waals surface area (Å²) in [5, 5.41) is 2.94. The summed E-state index contributed by atoms with van der Waals surface area (Å²) < 4.78 is 15.2. The van der Waals surface area contributed by atoms with E-state index in [0.717, 1.165) is 16.8 Å². The molecule has 0 radical (unpaired) electrons. The molecule has 0 fully saturated rings. The van der Waals surface area contributed by atoms with Crippen molar-refractivity contribution in [2.45, 2.75) is 20.4 Å². The van der Waals surface area contributed by atoms with Crippen LogP contribution >= 0.6 is 0 Å². The summed E-state index contributed by atoms with van der Waals surface area (Å²) in [6.07, 6.45) is 0. The largest absolute Gasteiger partial charge is 0.324 e. The van der Waals surface area contributed by atoms with Crippen molar-refractivity contribution in [2.75, 3.05) is 5.32 Å². The number of para-hydroxylation sites is 3. The minimum Gasteiger partial charge on any atom is -0.324 e. The van der Waals surface area contributed by atoms with Crippen molar-refractivity contribution in [3.63, 3.8) is 0 Å². The number of fused-ring (bicyclic) bond motifs is 1. The van der Waals surface area contributed by atoms with E-state index in [0.29, 0.717) is 11.0 Å². The van der Waals surface area contributed by atoms with Crippen molar-refractivity contribution < 1.29 is 14.0 Å². The summed E-state index contributed by atoms with van der Waals surface area (Å²) >= 11 is 0. The van der Waals surface area contributed by atoms with Crippen molar-refractivity contribution >= 4 is 28.4 Å². The van der Waals surface area contributed by atoms with Gasteiger partial charge in [0, 0.05) is 11.3 Å². The van der Waals surface area contributed by atoms with Gasteiger partial charge in [-0.3, -0.25) is 9.59 Å². The Bertz CT molecular complexity index is 1260. The number of aryl methyl sites for hydroxylation is 2. The van der Waals surface area contributed by atoms with Gasteiger partial charge in [-0.2, -0.15) is 0 Å². The Labute approximate surface area is 173 Å². The highest BCUT2D eigenvalue weighted by Crippen LogP contribution is 2.22. The molecule has 0 aliphatic heterocycles. The third-order valence-electron chi connectivity index (χ3n) is 4.99. The van der Waals surface area contributed by atoms with Crippen molar-refractivity contribution in [1.82, 2.24) is 9.55 Å². The van der Waals surface area contributed by atoms with Crippen LogP contribution in [0.1, 0.15) is 27.3 Å². The molecule has 1 N–H and O–H groups in total. The van der Waals surface area contributed by atoms with E-state index in [1.165, 1.54) is 24.3 Å². The fraction of sp³-hybridized carbons (Fsp3) is 0.125. The zero-order valence-corrected chi connectivity index (χ0v) is 16.6. The Morgan fingerprint density at radius 2 is 1.67 bits per heavy atom. The first-order valence-electron chi connectivity index (χ1n) is 9.55. The van der Waals surface area contributed by atoms with Gasteiger partial charge < -0.3 is 9.88 Å². The van der Waals surface area contributed by atoms with Crippen LogP contribution in [-0.4, -0.2) is 21.2 Å². The van der Waals surface area contributed by atoms with Crippen molar-refractivity contribution in [2.24, 2.45) is 0 Å². The molecule has 30 heavy (non-hydrogen) atoms. The second-order valence-corrected chi connectivity index (χ2v) is 7.16. The number of benzene rings is 3. The number of carbonyl (C=O) groups excluding carboxylic acids is 2. The van der Waals surface area contributed by atoms with Crippen LogP contribution in [0.5, 0.6) is 0 Å². The number of nitrogens with one attached hydrogen (secondary N) is 1. The molecule has 0 unspecified atom stereocenters. The molecule has 3 aromatic carbocycles. The Morgan fingerprint density at radius 3 is 2.40 bits per heavy atom. The predicted octanol–water partition coefficient (Wildman–Crippen LogP) is 4.66. The lowest BCUT2D eigenvalue weighted by atomic mass is 10.1. The molecule has 150 valence electrons. The lowest BCUT2D eigenvalue weighted by Crippen LogP contribution is -2.22. The maximum absolute atomic E-state index is 13.6. The van der Waals surface area contributed by atoms with Gasteiger partial charge in [0.2, 0.25) is 11.7 Å². The molecular formula is C24H20FN3O2. The van der Waals surface area contributed by atoms with Crippen molar-refractivity contribution in [3.05, 3.63) is 95.1 Å². The molecule has 0 bridgehead atoms. The predicted molar refractivity (Wildman–Crippen MR) is 114 cm³/mol. The first kappa shape index (κ1) is 19.5. The molecule has 0 atom stereocenters. The van der Waals surface area contributed by atoms with Crippen LogP contribution in [0, 0.1) is 19.7 Å². The molecule has 1 amide bonds. The summed E-state index contributed by atoms with van der Waals surface area (Å²) in [5.41, 5.74) is 4.10. The summed E-state index contributed by atoms with van der Waals surface area (Å²) in [6.45, 7) is 3.76. The number of hydrogen-bond donors (Lipinski definition) is 1. The normalized spacial score (nSPS) is 10.9. The van der Waals surface area contributed by atoms with Crippen molar-refractivity contribution in [1.29, 1.82) is 0 Å². The van der Waals surface area contributed by atoms with Gasteiger partial charge in [-0.15, -0.1) is 0 Å². The first-order valence-corrected chi connectivity index (χ1v) is 9.55. The van der Waals surface area contributed by atoms with Crippen molar-refractivity contribution in [3.8, 4) is 0 Å². The average molecular weight is 401 g/mol. The fourth-order valence-corrected chi connectivity index (χ4v) is 3.50. The highest BCUT2D eigenvalue weighted by atomic mass is 19.1. The highest BCUT2D eigenvalue weighted by molar-refractivity contribution is 6.08. The zero-order valence-electron chi connectivity index (χ0n) is 16.6. The molecule has 1 heterocycles. The maximum Gasteiger partial charge on any atom is 0.244 e. The monoisotopic (exact) mass is 401 g/mol. The van der Waals surface area contributed by atoms with E-state index in [-0.39, 0.29) is 23.8 Å². The van der Waals surface area contributed by atoms with Crippen LogP contribution in [0.2, 0.25) is 0 Å². The smallest absolute Gasteiger partial charge is 0.244 e. The molecular weight excluding hydrogens is 381 g/mol. The number of halogens is 1. The van der Waals surface area contributed by atoms with E-state index >= 15 is 0 Å². The lowest BCUT2D eigenvalue weighted by Gasteiger charge is -2.13. The molecule has 1 aromatic heterocycles. The fourth-order valence-electron chi connectivity index (χ4n) is 3.50. The van der Waals surface area contributed by atoms with Gasteiger partial charge in [0.15, 0.2) is 5.82 Å². The van der Waals surface area contributed by atoms with E-state index in [2.05, 4.69) is 10.3 Å². The second-order valence-electron chi connectivity index (χ2n) is 7.16. The molecule has 0 aliphatic carbocycles. The lowest BCUT2D eigenvalue weighted by molar-refractivity contribution is -0.116. The number of rotatable bonds is 5. The van der Waals surface area contributed by atoms with Gasteiger partial charge in [-0.05, 0) is 49.2 Å². The van der Waals surface area contributed by atoms with Crippen LogP contribution in [0.25, 0.3) is 11.0 Å². The average Bonchev–Trinajstić information content (AvgIpc) is 3.09. The third-order valence-corrected chi connectivity index (χ3v) is 4.99. The van der Waals surface area contributed by atoms with Gasteiger partial charge in [-0.1, -0.05) is 42.5 Å². The molecule has 0 spiro atoms. The standard InChI is InChI=1S/C24H20FN3O2/c1-15-7-5-8-16(2)22(15)27-21(29)14-28-20-12-4-3-11-19(20)26-24(28)23(30)17-9-6-10-18(25)13-17/h3-13H,14H2,1-2H3,(H,27,29). The Hall–Kier alpha value is -3.80. The molecule has 0 saturated carbocycles. The Kier molecular flexibility index (Phi) is 5.14. The molecule has 4 rings (SSSR count). The minimum absolute atomic E-state index is 0.0926. The second kappa shape index (κ2) is 7.91. The van der Waals surface area contributed by atoms with Gasteiger partial charge >= 0.3 is 0 Å². The van der Waals surface area contributed by atoms with E-state index in [4.69, 9.17) is 0 Å². The Balaban J connectivity index is 1.72. The van der Waals surface area contributed by atoms with Crippen LogP contribution in [0.3, 0.4) is 0 Å². The topological polar surface area (TPSA) is 64.0 Å². The third kappa shape index (κ3) is 3.72. The van der Waals surface area contributed by atoms with Gasteiger partial charge in [0.25, 0.3) is 0 Å². The van der Waals surface area contributed by atoms with Gasteiger partial charge in [-0.25, -0.2) is 9.37 Å². The summed E-state index contributed by atoms with van der Waals surface area (Å²) in [5.74, 6) is -1.12.